The van der Waals surface area contributed by atoms with Gasteiger partial charge in [-0.25, -0.2) is 4.98 Å². The third-order valence-electron chi connectivity index (χ3n) is 3.89. The van der Waals surface area contributed by atoms with Crippen molar-refractivity contribution in [3.05, 3.63) is 40.9 Å². The van der Waals surface area contributed by atoms with E-state index in [9.17, 15) is 13.2 Å². The summed E-state index contributed by atoms with van der Waals surface area (Å²) in [6.45, 7) is 1.53. The van der Waals surface area contributed by atoms with Crippen molar-refractivity contribution in [2.24, 2.45) is 0 Å². The van der Waals surface area contributed by atoms with Gasteiger partial charge in [-0.05, 0) is 18.1 Å². The van der Waals surface area contributed by atoms with Gasteiger partial charge in [0.15, 0.2) is 5.13 Å². The summed E-state index contributed by atoms with van der Waals surface area (Å²) < 4.78 is 37.7. The van der Waals surface area contributed by atoms with E-state index < -0.39 is 11.1 Å². The lowest BCUT2D eigenvalue weighted by atomic mass is 9.90. The van der Waals surface area contributed by atoms with Crippen molar-refractivity contribution in [3.8, 4) is 0 Å². The van der Waals surface area contributed by atoms with Gasteiger partial charge in [0.05, 0.1) is 6.20 Å². The molecule has 1 aliphatic heterocycles. The van der Waals surface area contributed by atoms with E-state index >= 15 is 0 Å². The average molecular weight is 327 g/mol. The van der Waals surface area contributed by atoms with Gasteiger partial charge in [-0.1, -0.05) is 29.5 Å². The molecule has 22 heavy (non-hydrogen) atoms. The summed E-state index contributed by atoms with van der Waals surface area (Å²) in [4.78, 5) is 5.35. The number of alkyl halides is 3. The molecule has 118 valence electrons. The fourth-order valence-electron chi connectivity index (χ4n) is 2.72. The zero-order chi connectivity index (χ0) is 15.7. The third-order valence-corrected chi connectivity index (χ3v) is 4.89. The minimum absolute atomic E-state index is 0.283. The predicted octanol–water partition coefficient (Wildman–Crippen LogP) is 4.20. The van der Waals surface area contributed by atoms with Crippen molar-refractivity contribution in [2.75, 3.05) is 30.4 Å². The number of thiazole rings is 1. The Balaban J connectivity index is 1.70. The molecule has 0 aliphatic carbocycles. The van der Waals surface area contributed by atoms with Crippen LogP contribution >= 0.6 is 11.3 Å². The van der Waals surface area contributed by atoms with Gasteiger partial charge in [-0.2, -0.15) is 13.2 Å². The first-order chi connectivity index (χ1) is 10.4. The number of hydrogen-bond acceptors (Lipinski definition) is 4. The molecule has 2 heterocycles. The monoisotopic (exact) mass is 327 g/mol. The highest BCUT2D eigenvalue weighted by Crippen LogP contribution is 2.37. The minimum atomic E-state index is -4.32. The smallest absolute Gasteiger partial charge is 0.374 e. The van der Waals surface area contributed by atoms with Crippen LogP contribution in [0.25, 0.3) is 0 Å². The Bertz CT molecular complexity index is 653. The highest BCUT2D eigenvalue weighted by molar-refractivity contribution is 7.15. The maximum absolute atomic E-state index is 12.6. The zero-order valence-corrected chi connectivity index (χ0v) is 12.8. The lowest BCUT2D eigenvalue weighted by molar-refractivity contribution is -0.134. The molecule has 0 radical (unpaired) electrons. The maximum Gasteiger partial charge on any atom is 0.427 e. The molecular weight excluding hydrogens is 311 g/mol. The van der Waals surface area contributed by atoms with E-state index in [2.05, 4.69) is 34.4 Å². The summed E-state index contributed by atoms with van der Waals surface area (Å²) in [6.07, 6.45) is -2.47. The van der Waals surface area contributed by atoms with Gasteiger partial charge in [0, 0.05) is 31.7 Å². The van der Waals surface area contributed by atoms with Gasteiger partial charge >= 0.3 is 6.18 Å². The van der Waals surface area contributed by atoms with Gasteiger partial charge in [-0.15, -0.1) is 0 Å². The predicted molar refractivity (Wildman–Crippen MR) is 82.7 cm³/mol. The highest BCUT2D eigenvalue weighted by atomic mass is 32.1. The Kier molecular flexibility index (Phi) is 3.99. The Morgan fingerprint density at radius 1 is 1.36 bits per heavy atom. The van der Waals surface area contributed by atoms with Crippen molar-refractivity contribution in [2.45, 2.75) is 18.5 Å². The molecule has 0 amide bonds. The first-order valence-corrected chi connectivity index (χ1v) is 7.84. The van der Waals surface area contributed by atoms with Crippen LogP contribution in [-0.4, -0.2) is 25.1 Å². The SMILES string of the molecule is CN1CCC(CNc2ncc(C(F)(F)F)s2)c2ccccc21. The van der Waals surface area contributed by atoms with Crippen LogP contribution in [0.15, 0.2) is 30.5 Å². The number of nitrogens with one attached hydrogen (secondary N) is 1. The third kappa shape index (κ3) is 3.04. The number of para-hydroxylation sites is 1. The van der Waals surface area contributed by atoms with E-state index in [0.29, 0.717) is 23.0 Å². The number of benzene rings is 1. The normalized spacial score (nSPS) is 18.2. The van der Waals surface area contributed by atoms with Crippen LogP contribution in [0.2, 0.25) is 0 Å². The molecule has 1 aromatic carbocycles. The Morgan fingerprint density at radius 2 is 2.14 bits per heavy atom. The lowest BCUT2D eigenvalue weighted by Crippen LogP contribution is -2.29. The van der Waals surface area contributed by atoms with Crippen molar-refractivity contribution in [1.29, 1.82) is 0 Å². The largest absolute Gasteiger partial charge is 0.427 e. The molecule has 1 N–H and O–H groups in total. The van der Waals surface area contributed by atoms with Crippen molar-refractivity contribution >= 4 is 22.2 Å². The van der Waals surface area contributed by atoms with E-state index in [1.807, 2.05) is 12.1 Å². The summed E-state index contributed by atoms with van der Waals surface area (Å²) in [6, 6.07) is 8.16. The number of aromatic nitrogens is 1. The topological polar surface area (TPSA) is 28.2 Å². The molecule has 0 saturated carbocycles. The molecule has 7 heteroatoms. The second kappa shape index (κ2) is 5.79. The molecule has 0 saturated heterocycles. The summed E-state index contributed by atoms with van der Waals surface area (Å²) >= 11 is 0.653. The van der Waals surface area contributed by atoms with Gasteiger partial charge in [0.1, 0.15) is 4.88 Å². The van der Waals surface area contributed by atoms with Crippen LogP contribution in [0.3, 0.4) is 0 Å². The van der Waals surface area contributed by atoms with Crippen LogP contribution in [0, 0.1) is 0 Å². The van der Waals surface area contributed by atoms with Gasteiger partial charge in [0.25, 0.3) is 0 Å². The van der Waals surface area contributed by atoms with Crippen molar-refractivity contribution in [3.63, 3.8) is 0 Å². The molecule has 0 spiro atoms. The fourth-order valence-corrected chi connectivity index (χ4v) is 3.41. The first kappa shape index (κ1) is 15.1. The molecule has 1 aromatic heterocycles. The molecule has 3 nitrogen and oxygen atoms in total. The Labute approximate surface area is 130 Å². The molecule has 3 rings (SSSR count). The van der Waals surface area contributed by atoms with Crippen LogP contribution in [0.4, 0.5) is 24.0 Å². The Hall–Kier alpha value is -1.76. The van der Waals surface area contributed by atoms with E-state index in [4.69, 9.17) is 0 Å². The quantitative estimate of drug-likeness (QED) is 0.916. The van der Waals surface area contributed by atoms with Gasteiger partial charge in [0.2, 0.25) is 0 Å². The number of anilines is 2. The average Bonchev–Trinajstić information content (AvgIpc) is 2.96. The molecular formula is C15H16F3N3S. The number of halogens is 3. The maximum atomic E-state index is 12.6. The van der Waals surface area contributed by atoms with Crippen LogP contribution < -0.4 is 10.2 Å². The van der Waals surface area contributed by atoms with Crippen LogP contribution in [-0.2, 0) is 6.18 Å². The molecule has 1 unspecified atom stereocenters. The molecule has 1 atom stereocenters. The summed E-state index contributed by atoms with van der Waals surface area (Å²) in [5.74, 6) is 0.283. The molecule has 1 aliphatic rings. The molecule has 0 fully saturated rings. The molecule has 0 bridgehead atoms. The minimum Gasteiger partial charge on any atom is -0.374 e. The number of fused-ring (bicyclic) bond motifs is 1. The highest BCUT2D eigenvalue weighted by Gasteiger charge is 2.33. The van der Waals surface area contributed by atoms with E-state index in [1.165, 1.54) is 11.3 Å². The number of hydrogen-bond donors (Lipinski definition) is 1. The van der Waals surface area contributed by atoms with Crippen molar-refractivity contribution in [1.82, 2.24) is 4.98 Å². The van der Waals surface area contributed by atoms with Gasteiger partial charge < -0.3 is 10.2 Å². The standard InChI is InChI=1S/C15H16F3N3S/c1-21-7-6-10(11-4-2-3-5-12(11)21)8-19-14-20-9-13(22-14)15(16,17)18/h2-5,9-10H,6-8H2,1H3,(H,19,20). The van der Waals surface area contributed by atoms with Gasteiger partial charge in [-0.3, -0.25) is 0 Å². The van der Waals surface area contributed by atoms with E-state index in [-0.39, 0.29) is 5.92 Å². The molecule has 2 aromatic rings. The summed E-state index contributed by atoms with van der Waals surface area (Å²) in [5.41, 5.74) is 2.42. The summed E-state index contributed by atoms with van der Waals surface area (Å²) in [7, 11) is 2.05. The van der Waals surface area contributed by atoms with Crippen molar-refractivity contribution < 1.29 is 13.2 Å². The van der Waals surface area contributed by atoms with Crippen LogP contribution in [0.1, 0.15) is 22.8 Å². The lowest BCUT2D eigenvalue weighted by Gasteiger charge is -2.33. The number of nitrogens with zero attached hydrogens (tertiary/aromatic N) is 2. The number of rotatable bonds is 3. The second-order valence-corrected chi connectivity index (χ2v) is 6.40. The van der Waals surface area contributed by atoms with Crippen LogP contribution in [0.5, 0.6) is 0 Å². The second-order valence-electron chi connectivity index (χ2n) is 5.37. The Morgan fingerprint density at radius 3 is 2.86 bits per heavy atom. The first-order valence-electron chi connectivity index (χ1n) is 7.02. The van der Waals surface area contributed by atoms with E-state index in [1.54, 1.807) is 0 Å². The van der Waals surface area contributed by atoms with E-state index in [0.717, 1.165) is 19.2 Å². The zero-order valence-electron chi connectivity index (χ0n) is 12.0. The summed E-state index contributed by atoms with van der Waals surface area (Å²) in [5, 5.41) is 3.37. The fraction of sp³-hybridized carbons (Fsp3) is 0.400.